The molecule has 1 fully saturated rings. The van der Waals surface area contributed by atoms with Crippen LogP contribution in [0.2, 0.25) is 0 Å². The van der Waals surface area contributed by atoms with Crippen molar-refractivity contribution in [2.45, 2.75) is 13.0 Å². The zero-order chi connectivity index (χ0) is 15.1. The second-order valence-corrected chi connectivity index (χ2v) is 7.15. The lowest BCUT2D eigenvalue weighted by molar-refractivity contribution is 0.0532. The number of H-pyrrole nitrogens is 1. The largest absolute Gasteiger partial charge is 0.375 e. The predicted octanol–water partition coefficient (Wildman–Crippen LogP) is 3.67. The molecule has 1 aliphatic rings. The van der Waals surface area contributed by atoms with Gasteiger partial charge in [-0.15, -0.1) is 11.3 Å². The van der Waals surface area contributed by atoms with Crippen LogP contribution in [-0.4, -0.2) is 40.8 Å². The first kappa shape index (κ1) is 14.2. The maximum absolute atomic E-state index is 5.60. The number of pyridine rings is 1. The van der Waals surface area contributed by atoms with Crippen molar-refractivity contribution in [3.8, 4) is 11.3 Å². The number of rotatable bonds is 2. The lowest BCUT2D eigenvalue weighted by Gasteiger charge is -2.30. The molecule has 4 rings (SSSR count). The molecular weight excluding hydrogens is 364 g/mol. The van der Waals surface area contributed by atoms with Crippen LogP contribution >= 0.6 is 27.3 Å². The molecule has 7 heteroatoms. The molecule has 0 radical (unpaired) electrons. The molecular formula is C15H15BrN4OS. The van der Waals surface area contributed by atoms with Gasteiger partial charge in [-0.25, -0.2) is 9.97 Å². The van der Waals surface area contributed by atoms with Crippen molar-refractivity contribution in [2.24, 2.45) is 0 Å². The van der Waals surface area contributed by atoms with Crippen molar-refractivity contribution in [2.75, 3.05) is 24.6 Å². The Hall–Kier alpha value is -1.44. The first-order chi connectivity index (χ1) is 10.7. The fourth-order valence-electron chi connectivity index (χ4n) is 2.72. The molecule has 1 saturated heterocycles. The fourth-order valence-corrected chi connectivity index (χ4v) is 3.91. The summed E-state index contributed by atoms with van der Waals surface area (Å²) in [5.41, 5.74) is 2.96. The van der Waals surface area contributed by atoms with E-state index in [4.69, 9.17) is 9.72 Å². The van der Waals surface area contributed by atoms with Gasteiger partial charge in [0.15, 0.2) is 5.13 Å². The third-order valence-electron chi connectivity index (χ3n) is 3.78. The summed E-state index contributed by atoms with van der Waals surface area (Å²) in [5, 5.41) is 4.25. The Balaban J connectivity index is 1.69. The van der Waals surface area contributed by atoms with Crippen LogP contribution in [0.15, 0.2) is 28.3 Å². The molecule has 0 spiro atoms. The highest BCUT2D eigenvalue weighted by Gasteiger charge is 2.20. The van der Waals surface area contributed by atoms with Gasteiger partial charge < -0.3 is 14.6 Å². The Labute approximate surface area is 140 Å². The lowest BCUT2D eigenvalue weighted by atomic mass is 10.2. The molecule has 1 N–H and O–H groups in total. The van der Waals surface area contributed by atoms with E-state index >= 15 is 0 Å². The molecule has 0 bridgehead atoms. The molecule has 5 nitrogen and oxygen atoms in total. The predicted molar refractivity (Wildman–Crippen MR) is 92.5 cm³/mol. The standard InChI is InChI=1S/C15H15BrN4OS/c1-9-7-20(2-3-21-9)15-19-13(8-22-15)12-6-18-14-11(12)4-10(16)5-17-14/h4-6,8-9H,2-3,7H2,1H3,(H,17,18). The molecule has 0 amide bonds. The van der Waals surface area contributed by atoms with E-state index in [1.807, 2.05) is 6.20 Å². The Morgan fingerprint density at radius 3 is 3.27 bits per heavy atom. The molecule has 0 aliphatic carbocycles. The molecule has 0 saturated carbocycles. The average molecular weight is 379 g/mol. The topological polar surface area (TPSA) is 54.0 Å². The van der Waals surface area contributed by atoms with Crippen molar-refractivity contribution in [1.29, 1.82) is 0 Å². The first-order valence-corrected chi connectivity index (χ1v) is 8.83. The average Bonchev–Trinajstić information content (AvgIpc) is 3.13. The van der Waals surface area contributed by atoms with Crippen molar-refractivity contribution >= 4 is 43.4 Å². The Kier molecular flexibility index (Phi) is 3.63. The van der Waals surface area contributed by atoms with Crippen LogP contribution in [0.1, 0.15) is 6.92 Å². The van der Waals surface area contributed by atoms with E-state index in [-0.39, 0.29) is 6.10 Å². The maximum Gasteiger partial charge on any atom is 0.186 e. The highest BCUT2D eigenvalue weighted by molar-refractivity contribution is 9.10. The number of aromatic amines is 1. The lowest BCUT2D eigenvalue weighted by Crippen LogP contribution is -2.41. The minimum atomic E-state index is 0.259. The van der Waals surface area contributed by atoms with E-state index < -0.39 is 0 Å². The Bertz CT molecular complexity index is 815. The van der Waals surface area contributed by atoms with Gasteiger partial charge in [0.25, 0.3) is 0 Å². The van der Waals surface area contributed by atoms with Crippen molar-refractivity contribution in [3.63, 3.8) is 0 Å². The second kappa shape index (κ2) is 5.64. The quantitative estimate of drug-likeness (QED) is 0.738. The van der Waals surface area contributed by atoms with Crippen LogP contribution in [0, 0.1) is 0 Å². The van der Waals surface area contributed by atoms with Gasteiger partial charge in [0.2, 0.25) is 0 Å². The van der Waals surface area contributed by atoms with Gasteiger partial charge in [-0.1, -0.05) is 0 Å². The summed E-state index contributed by atoms with van der Waals surface area (Å²) in [4.78, 5) is 14.7. The van der Waals surface area contributed by atoms with Crippen LogP contribution in [-0.2, 0) is 4.74 Å². The second-order valence-electron chi connectivity index (χ2n) is 5.39. The Morgan fingerprint density at radius 2 is 2.41 bits per heavy atom. The normalized spacial score (nSPS) is 19.0. The van der Waals surface area contributed by atoms with Crippen molar-refractivity contribution in [3.05, 3.63) is 28.3 Å². The van der Waals surface area contributed by atoms with E-state index in [1.165, 1.54) is 0 Å². The third-order valence-corrected chi connectivity index (χ3v) is 5.11. The van der Waals surface area contributed by atoms with Gasteiger partial charge in [0, 0.05) is 46.3 Å². The summed E-state index contributed by atoms with van der Waals surface area (Å²) in [6.45, 7) is 4.66. The number of anilines is 1. The van der Waals surface area contributed by atoms with Gasteiger partial charge in [-0.3, -0.25) is 0 Å². The van der Waals surface area contributed by atoms with E-state index in [0.29, 0.717) is 0 Å². The number of morpholine rings is 1. The van der Waals surface area contributed by atoms with E-state index in [9.17, 15) is 0 Å². The molecule has 4 heterocycles. The number of aromatic nitrogens is 3. The SMILES string of the molecule is CC1CN(c2nc(-c3c[nH]c4ncc(Br)cc34)cs2)CCO1. The van der Waals surface area contributed by atoms with E-state index in [0.717, 1.165) is 51.6 Å². The fraction of sp³-hybridized carbons (Fsp3) is 0.333. The number of fused-ring (bicyclic) bond motifs is 1. The summed E-state index contributed by atoms with van der Waals surface area (Å²) in [7, 11) is 0. The van der Waals surface area contributed by atoms with Crippen molar-refractivity contribution in [1.82, 2.24) is 15.0 Å². The summed E-state index contributed by atoms with van der Waals surface area (Å²) in [5.74, 6) is 0. The molecule has 0 aromatic carbocycles. The van der Waals surface area contributed by atoms with Gasteiger partial charge in [0.05, 0.1) is 18.4 Å². The highest BCUT2D eigenvalue weighted by Crippen LogP contribution is 2.33. The molecule has 1 unspecified atom stereocenters. The van der Waals surface area contributed by atoms with Gasteiger partial charge in [0.1, 0.15) is 5.65 Å². The zero-order valence-electron chi connectivity index (χ0n) is 12.0. The number of hydrogen-bond acceptors (Lipinski definition) is 5. The van der Waals surface area contributed by atoms with E-state index in [1.54, 1.807) is 17.5 Å². The number of hydrogen-bond donors (Lipinski definition) is 1. The molecule has 114 valence electrons. The minimum absolute atomic E-state index is 0.259. The smallest absolute Gasteiger partial charge is 0.186 e. The molecule has 1 atom stereocenters. The summed E-state index contributed by atoms with van der Waals surface area (Å²) in [6.07, 6.45) is 4.03. The summed E-state index contributed by atoms with van der Waals surface area (Å²) < 4.78 is 6.57. The van der Waals surface area contributed by atoms with E-state index in [2.05, 4.69) is 49.2 Å². The molecule has 3 aromatic heterocycles. The van der Waals surface area contributed by atoms with Crippen LogP contribution in [0.5, 0.6) is 0 Å². The summed E-state index contributed by atoms with van der Waals surface area (Å²) in [6, 6.07) is 2.07. The summed E-state index contributed by atoms with van der Waals surface area (Å²) >= 11 is 5.16. The molecule has 1 aliphatic heterocycles. The number of halogens is 1. The van der Waals surface area contributed by atoms with Crippen molar-refractivity contribution < 1.29 is 4.74 Å². The third kappa shape index (κ3) is 2.53. The molecule has 22 heavy (non-hydrogen) atoms. The van der Waals surface area contributed by atoms with Gasteiger partial charge in [-0.05, 0) is 28.9 Å². The zero-order valence-corrected chi connectivity index (χ0v) is 14.4. The van der Waals surface area contributed by atoms with Crippen LogP contribution < -0.4 is 4.90 Å². The van der Waals surface area contributed by atoms with Crippen LogP contribution in [0.25, 0.3) is 22.3 Å². The first-order valence-electron chi connectivity index (χ1n) is 7.16. The maximum atomic E-state index is 5.60. The van der Waals surface area contributed by atoms with Gasteiger partial charge in [-0.2, -0.15) is 0 Å². The highest BCUT2D eigenvalue weighted by atomic mass is 79.9. The number of nitrogens with zero attached hydrogens (tertiary/aromatic N) is 3. The number of nitrogens with one attached hydrogen (secondary N) is 1. The molecule has 3 aromatic rings. The monoisotopic (exact) mass is 378 g/mol. The minimum Gasteiger partial charge on any atom is -0.375 e. The number of thiazole rings is 1. The van der Waals surface area contributed by atoms with Gasteiger partial charge >= 0.3 is 0 Å². The number of ether oxygens (including phenoxy) is 1. The van der Waals surface area contributed by atoms with Crippen LogP contribution in [0.4, 0.5) is 5.13 Å². The Morgan fingerprint density at radius 1 is 1.50 bits per heavy atom. The van der Waals surface area contributed by atoms with Crippen LogP contribution in [0.3, 0.4) is 0 Å².